The maximum absolute atomic E-state index is 12.9. The molecular formula is C19H30O3. The fourth-order valence-electron chi connectivity index (χ4n) is 7.07. The first-order valence-electron chi connectivity index (χ1n) is 9.29. The van der Waals surface area contributed by atoms with Gasteiger partial charge in [0.1, 0.15) is 6.10 Å². The van der Waals surface area contributed by atoms with Gasteiger partial charge in [-0.1, -0.05) is 26.7 Å². The molecule has 3 nitrogen and oxygen atoms in total. The van der Waals surface area contributed by atoms with Crippen LogP contribution in [0, 0.1) is 34.5 Å². The van der Waals surface area contributed by atoms with Gasteiger partial charge in [-0.2, -0.15) is 0 Å². The number of hydrogen-bond donors (Lipinski definition) is 2. The van der Waals surface area contributed by atoms with Crippen molar-refractivity contribution in [1.82, 2.24) is 0 Å². The molecule has 0 aromatic heterocycles. The first-order valence-corrected chi connectivity index (χ1v) is 9.29. The molecule has 2 N–H and O–H groups in total. The van der Waals surface area contributed by atoms with Crippen molar-refractivity contribution >= 4 is 5.78 Å². The average molecular weight is 306 g/mol. The largest absolute Gasteiger partial charge is 0.393 e. The monoisotopic (exact) mass is 306 g/mol. The van der Waals surface area contributed by atoms with Gasteiger partial charge >= 0.3 is 0 Å². The normalized spacial score (nSPS) is 57.9. The van der Waals surface area contributed by atoms with Crippen LogP contribution in [-0.2, 0) is 4.79 Å². The predicted molar refractivity (Wildman–Crippen MR) is 84.1 cm³/mol. The summed E-state index contributed by atoms with van der Waals surface area (Å²) in [4.78, 5) is 12.9. The lowest BCUT2D eigenvalue weighted by Gasteiger charge is -2.61. The van der Waals surface area contributed by atoms with Crippen LogP contribution in [0.15, 0.2) is 0 Å². The Bertz CT molecular complexity index is 489. The number of carbonyl (C=O) groups is 1. The molecule has 3 heteroatoms. The van der Waals surface area contributed by atoms with Gasteiger partial charge in [0.15, 0.2) is 5.78 Å². The quantitative estimate of drug-likeness (QED) is 0.723. The van der Waals surface area contributed by atoms with Crippen molar-refractivity contribution in [2.24, 2.45) is 34.5 Å². The van der Waals surface area contributed by atoms with Gasteiger partial charge < -0.3 is 10.2 Å². The summed E-state index contributed by atoms with van der Waals surface area (Å²) >= 11 is 0. The number of ketones is 1. The third-order valence-electron chi connectivity index (χ3n) is 8.35. The third kappa shape index (κ3) is 1.73. The van der Waals surface area contributed by atoms with Crippen molar-refractivity contribution in [1.29, 1.82) is 0 Å². The van der Waals surface area contributed by atoms with Crippen LogP contribution < -0.4 is 0 Å². The first kappa shape index (κ1) is 15.1. The summed E-state index contributed by atoms with van der Waals surface area (Å²) < 4.78 is 0. The number of fused-ring (bicyclic) bond motifs is 5. The topological polar surface area (TPSA) is 57.5 Å². The van der Waals surface area contributed by atoms with Crippen LogP contribution in [0.3, 0.4) is 0 Å². The standard InChI is InChI=1S/C19H30O3/c1-18-9-4-6-11(18)15-12(8-10-18)19(2)13(16(21)17(15)22)5-3-7-14(19)20/h11-15,17,20,22H,3-10H2,1-2H3/t11-,12-,13+,14?,15-,17?,18-,19+/m0/s1. The molecule has 4 fully saturated rings. The zero-order valence-electron chi connectivity index (χ0n) is 13.9. The highest BCUT2D eigenvalue weighted by Gasteiger charge is 2.64. The molecule has 22 heavy (non-hydrogen) atoms. The molecule has 0 aliphatic heterocycles. The Kier molecular flexibility index (Phi) is 3.30. The Labute approximate surface area is 133 Å². The van der Waals surface area contributed by atoms with E-state index in [9.17, 15) is 15.0 Å². The lowest BCUT2D eigenvalue weighted by atomic mass is 9.43. The third-order valence-corrected chi connectivity index (χ3v) is 8.35. The molecule has 4 saturated carbocycles. The molecule has 0 radical (unpaired) electrons. The molecule has 4 aliphatic rings. The number of rotatable bonds is 0. The fourth-order valence-corrected chi connectivity index (χ4v) is 7.07. The second-order valence-electron chi connectivity index (χ2n) is 9.09. The summed E-state index contributed by atoms with van der Waals surface area (Å²) in [5.41, 5.74) is 0.00833. The molecule has 0 spiro atoms. The molecule has 0 saturated heterocycles. The van der Waals surface area contributed by atoms with Gasteiger partial charge in [-0.3, -0.25) is 4.79 Å². The van der Waals surface area contributed by atoms with Crippen molar-refractivity contribution in [3.63, 3.8) is 0 Å². The second-order valence-corrected chi connectivity index (χ2v) is 9.09. The van der Waals surface area contributed by atoms with Crippen molar-refractivity contribution in [2.45, 2.75) is 77.4 Å². The number of aliphatic hydroxyl groups is 2. The minimum absolute atomic E-state index is 0.0404. The van der Waals surface area contributed by atoms with Gasteiger partial charge in [0, 0.05) is 11.3 Å². The molecule has 0 heterocycles. The number of aliphatic hydroxyl groups excluding tert-OH is 2. The molecule has 0 aromatic rings. The van der Waals surface area contributed by atoms with Crippen LogP contribution in [0.1, 0.15) is 65.2 Å². The highest BCUT2D eigenvalue weighted by molar-refractivity contribution is 5.87. The van der Waals surface area contributed by atoms with Gasteiger partial charge in [0.25, 0.3) is 0 Å². The predicted octanol–water partition coefficient (Wildman–Crippen LogP) is 2.93. The summed E-state index contributed by atoms with van der Waals surface area (Å²) in [7, 11) is 0. The van der Waals surface area contributed by atoms with E-state index in [1.54, 1.807) is 0 Å². The first-order chi connectivity index (χ1) is 10.4. The summed E-state index contributed by atoms with van der Waals surface area (Å²) in [6.07, 6.45) is 7.34. The average Bonchev–Trinajstić information content (AvgIpc) is 2.88. The summed E-state index contributed by atoms with van der Waals surface area (Å²) in [6.45, 7) is 4.52. The van der Waals surface area contributed by atoms with Crippen molar-refractivity contribution in [2.75, 3.05) is 0 Å². The van der Waals surface area contributed by atoms with Gasteiger partial charge in [-0.15, -0.1) is 0 Å². The van der Waals surface area contributed by atoms with Crippen LogP contribution in [0.25, 0.3) is 0 Å². The van der Waals surface area contributed by atoms with E-state index >= 15 is 0 Å². The molecule has 4 rings (SSSR count). The van der Waals surface area contributed by atoms with Crippen molar-refractivity contribution < 1.29 is 15.0 Å². The van der Waals surface area contributed by atoms with Gasteiger partial charge in [0.05, 0.1) is 6.10 Å². The molecule has 2 unspecified atom stereocenters. The summed E-state index contributed by atoms with van der Waals surface area (Å²) in [6, 6.07) is 0. The lowest BCUT2D eigenvalue weighted by molar-refractivity contribution is -0.197. The SMILES string of the molecule is C[C@@]12CCC[C@H]1[C@@H]1C(O)C(=O)[C@H]3CCCC(O)[C@]3(C)[C@H]1CC2. The van der Waals surface area contributed by atoms with E-state index in [0.717, 1.165) is 32.1 Å². The smallest absolute Gasteiger partial charge is 0.165 e. The maximum atomic E-state index is 12.9. The molecule has 0 bridgehead atoms. The number of hydrogen-bond acceptors (Lipinski definition) is 3. The Morgan fingerprint density at radius 3 is 2.50 bits per heavy atom. The minimum atomic E-state index is -0.781. The Morgan fingerprint density at radius 2 is 1.73 bits per heavy atom. The van der Waals surface area contributed by atoms with E-state index in [4.69, 9.17) is 0 Å². The van der Waals surface area contributed by atoms with Gasteiger partial charge in [-0.05, 0) is 61.7 Å². The van der Waals surface area contributed by atoms with Crippen LogP contribution >= 0.6 is 0 Å². The van der Waals surface area contributed by atoms with Crippen LogP contribution in [0.2, 0.25) is 0 Å². The van der Waals surface area contributed by atoms with Crippen LogP contribution in [0.5, 0.6) is 0 Å². The van der Waals surface area contributed by atoms with Crippen LogP contribution in [-0.4, -0.2) is 28.2 Å². The van der Waals surface area contributed by atoms with E-state index in [1.807, 2.05) is 0 Å². The Morgan fingerprint density at radius 1 is 0.955 bits per heavy atom. The highest BCUT2D eigenvalue weighted by Crippen LogP contribution is 2.65. The van der Waals surface area contributed by atoms with E-state index in [0.29, 0.717) is 17.3 Å². The molecule has 8 atom stereocenters. The summed E-state index contributed by atoms with van der Waals surface area (Å²) in [5, 5.41) is 21.6. The van der Waals surface area contributed by atoms with Crippen molar-refractivity contribution in [3.8, 4) is 0 Å². The highest BCUT2D eigenvalue weighted by atomic mass is 16.3. The molecule has 0 amide bonds. The van der Waals surface area contributed by atoms with E-state index in [1.165, 1.54) is 19.3 Å². The Balaban J connectivity index is 1.77. The minimum Gasteiger partial charge on any atom is -0.393 e. The van der Waals surface area contributed by atoms with E-state index in [-0.39, 0.29) is 29.1 Å². The van der Waals surface area contributed by atoms with Crippen LogP contribution in [0.4, 0.5) is 0 Å². The Hall–Kier alpha value is -0.410. The molecule has 124 valence electrons. The molecular weight excluding hydrogens is 276 g/mol. The maximum Gasteiger partial charge on any atom is 0.165 e. The zero-order valence-corrected chi connectivity index (χ0v) is 13.9. The zero-order chi connectivity index (χ0) is 15.7. The molecule has 4 aliphatic carbocycles. The summed E-state index contributed by atoms with van der Waals surface area (Å²) in [5.74, 6) is 0.786. The number of carbonyl (C=O) groups excluding carboxylic acids is 1. The number of Topliss-reactive ketones (excluding diaryl/α,β-unsaturated/α-hetero) is 1. The second kappa shape index (κ2) is 4.80. The van der Waals surface area contributed by atoms with E-state index < -0.39 is 6.10 Å². The van der Waals surface area contributed by atoms with E-state index in [2.05, 4.69) is 13.8 Å². The van der Waals surface area contributed by atoms with Gasteiger partial charge in [0.2, 0.25) is 0 Å². The molecule has 0 aromatic carbocycles. The fraction of sp³-hybridized carbons (Fsp3) is 0.947. The van der Waals surface area contributed by atoms with Crippen molar-refractivity contribution in [3.05, 3.63) is 0 Å². The lowest BCUT2D eigenvalue weighted by Crippen LogP contribution is -2.64. The van der Waals surface area contributed by atoms with Gasteiger partial charge in [-0.25, -0.2) is 0 Å².